The summed E-state index contributed by atoms with van der Waals surface area (Å²) >= 11 is 0. The molecule has 0 aromatic heterocycles. The number of nitrogens with zero attached hydrogens (tertiary/aromatic N) is 1. The van der Waals surface area contributed by atoms with Crippen molar-refractivity contribution < 1.29 is 19.4 Å². The number of hydrogen-bond donors (Lipinski definition) is 1. The zero-order valence-corrected chi connectivity index (χ0v) is 10.5. The van der Waals surface area contributed by atoms with Crippen LogP contribution in [-0.2, 0) is 14.3 Å². The van der Waals surface area contributed by atoms with Crippen LogP contribution in [0.25, 0.3) is 0 Å². The van der Waals surface area contributed by atoms with Gasteiger partial charge in [-0.2, -0.15) is 0 Å². The molecule has 1 aliphatic heterocycles. The molecule has 1 N–H and O–H groups in total. The number of ether oxygens (including phenoxy) is 1. The zero-order chi connectivity index (χ0) is 12.8. The van der Waals surface area contributed by atoms with E-state index in [2.05, 4.69) is 0 Å². The second-order valence-corrected chi connectivity index (χ2v) is 4.50. The van der Waals surface area contributed by atoms with Gasteiger partial charge in [-0.3, -0.25) is 4.79 Å². The molecular weight excluding hydrogens is 222 g/mol. The van der Waals surface area contributed by atoms with Gasteiger partial charge in [0.05, 0.1) is 0 Å². The summed E-state index contributed by atoms with van der Waals surface area (Å²) < 4.78 is 5.18. The minimum atomic E-state index is -1.04. The topological polar surface area (TPSA) is 66.8 Å². The average Bonchev–Trinajstić information content (AvgIpc) is 2.56. The van der Waals surface area contributed by atoms with E-state index >= 15 is 0 Å². The largest absolute Gasteiger partial charge is 0.479 e. The Labute approximate surface area is 102 Å². The molecule has 5 heteroatoms. The van der Waals surface area contributed by atoms with Crippen LogP contribution in [0.15, 0.2) is 0 Å². The molecule has 0 saturated carbocycles. The monoisotopic (exact) mass is 243 g/mol. The van der Waals surface area contributed by atoms with E-state index in [4.69, 9.17) is 9.84 Å². The highest BCUT2D eigenvalue weighted by Crippen LogP contribution is 2.12. The van der Waals surface area contributed by atoms with Gasteiger partial charge in [0.25, 0.3) is 5.91 Å². The Hall–Kier alpha value is -1.10. The second kappa shape index (κ2) is 6.59. The number of carboxylic acids is 1. The van der Waals surface area contributed by atoms with Crippen molar-refractivity contribution in [3.05, 3.63) is 0 Å². The standard InChI is InChI=1S/C12H21NO4/c1-9(17-10(2)12(15)16)11(14)13-7-5-3-4-6-8-13/h9-10H,3-8H2,1-2H3,(H,15,16). The maximum atomic E-state index is 12.0. The number of carboxylic acid groups (broad SMARTS) is 1. The Kier molecular flexibility index (Phi) is 5.41. The van der Waals surface area contributed by atoms with Crippen molar-refractivity contribution in [2.45, 2.75) is 51.7 Å². The van der Waals surface area contributed by atoms with Crippen molar-refractivity contribution in [2.75, 3.05) is 13.1 Å². The minimum Gasteiger partial charge on any atom is -0.479 e. The fourth-order valence-electron chi connectivity index (χ4n) is 1.97. The van der Waals surface area contributed by atoms with Gasteiger partial charge in [-0.25, -0.2) is 4.79 Å². The third kappa shape index (κ3) is 4.34. The Balaban J connectivity index is 2.47. The Morgan fingerprint density at radius 2 is 1.59 bits per heavy atom. The number of rotatable bonds is 4. The highest BCUT2D eigenvalue weighted by atomic mass is 16.5. The molecule has 1 amide bonds. The van der Waals surface area contributed by atoms with Gasteiger partial charge in [-0.05, 0) is 26.7 Å². The molecule has 1 rings (SSSR count). The first-order chi connectivity index (χ1) is 8.02. The van der Waals surface area contributed by atoms with Crippen molar-refractivity contribution in [3.63, 3.8) is 0 Å². The number of amides is 1. The van der Waals surface area contributed by atoms with Crippen molar-refractivity contribution in [3.8, 4) is 0 Å². The maximum Gasteiger partial charge on any atom is 0.332 e. The summed E-state index contributed by atoms with van der Waals surface area (Å²) in [5, 5.41) is 8.72. The summed E-state index contributed by atoms with van der Waals surface area (Å²) in [7, 11) is 0. The molecule has 1 heterocycles. The molecule has 0 radical (unpaired) electrons. The van der Waals surface area contributed by atoms with E-state index in [-0.39, 0.29) is 5.91 Å². The normalized spacial score (nSPS) is 20.5. The van der Waals surface area contributed by atoms with Crippen LogP contribution in [0, 0.1) is 0 Å². The third-order valence-corrected chi connectivity index (χ3v) is 3.02. The second-order valence-electron chi connectivity index (χ2n) is 4.50. The third-order valence-electron chi connectivity index (χ3n) is 3.02. The molecule has 1 aliphatic rings. The number of hydrogen-bond acceptors (Lipinski definition) is 3. The van der Waals surface area contributed by atoms with E-state index in [1.807, 2.05) is 0 Å². The van der Waals surface area contributed by atoms with Gasteiger partial charge in [0.15, 0.2) is 6.10 Å². The first kappa shape index (κ1) is 14.0. The first-order valence-corrected chi connectivity index (χ1v) is 6.19. The molecule has 5 nitrogen and oxygen atoms in total. The summed E-state index contributed by atoms with van der Waals surface area (Å²) in [5.41, 5.74) is 0. The Morgan fingerprint density at radius 1 is 1.06 bits per heavy atom. The molecule has 0 bridgehead atoms. The molecule has 98 valence electrons. The van der Waals surface area contributed by atoms with Crippen molar-refractivity contribution >= 4 is 11.9 Å². The van der Waals surface area contributed by atoms with Gasteiger partial charge in [0.2, 0.25) is 0 Å². The fraction of sp³-hybridized carbons (Fsp3) is 0.833. The van der Waals surface area contributed by atoms with Crippen molar-refractivity contribution in [2.24, 2.45) is 0 Å². The molecule has 1 saturated heterocycles. The van der Waals surface area contributed by atoms with Crippen molar-refractivity contribution in [1.82, 2.24) is 4.90 Å². The Morgan fingerprint density at radius 3 is 2.06 bits per heavy atom. The smallest absolute Gasteiger partial charge is 0.332 e. The van der Waals surface area contributed by atoms with Gasteiger partial charge < -0.3 is 14.7 Å². The highest BCUT2D eigenvalue weighted by Gasteiger charge is 2.25. The highest BCUT2D eigenvalue weighted by molar-refractivity contribution is 5.81. The van der Waals surface area contributed by atoms with Crippen LogP contribution < -0.4 is 0 Å². The average molecular weight is 243 g/mol. The lowest BCUT2D eigenvalue weighted by atomic mass is 10.2. The van der Waals surface area contributed by atoms with Crippen LogP contribution in [0.1, 0.15) is 39.5 Å². The molecular formula is C12H21NO4. The van der Waals surface area contributed by atoms with Gasteiger partial charge in [-0.15, -0.1) is 0 Å². The van der Waals surface area contributed by atoms with E-state index in [1.54, 1.807) is 11.8 Å². The number of aliphatic carboxylic acids is 1. The van der Waals surface area contributed by atoms with Crippen molar-refractivity contribution in [1.29, 1.82) is 0 Å². The van der Waals surface area contributed by atoms with Gasteiger partial charge in [0, 0.05) is 13.1 Å². The quantitative estimate of drug-likeness (QED) is 0.807. The van der Waals surface area contributed by atoms with E-state index in [0.717, 1.165) is 38.8 Å². The van der Waals surface area contributed by atoms with E-state index < -0.39 is 18.2 Å². The molecule has 2 atom stereocenters. The van der Waals surface area contributed by atoms with E-state index in [1.165, 1.54) is 6.92 Å². The molecule has 0 aromatic carbocycles. The molecule has 0 aliphatic carbocycles. The van der Waals surface area contributed by atoms with Crippen LogP contribution in [0.5, 0.6) is 0 Å². The number of likely N-dealkylation sites (tertiary alicyclic amines) is 1. The van der Waals surface area contributed by atoms with Crippen LogP contribution in [0.4, 0.5) is 0 Å². The Bertz CT molecular complexity index is 272. The van der Waals surface area contributed by atoms with E-state index in [9.17, 15) is 9.59 Å². The summed E-state index contributed by atoms with van der Waals surface area (Å²) in [4.78, 5) is 24.4. The zero-order valence-electron chi connectivity index (χ0n) is 10.5. The first-order valence-electron chi connectivity index (χ1n) is 6.19. The fourth-order valence-corrected chi connectivity index (χ4v) is 1.97. The van der Waals surface area contributed by atoms with Gasteiger partial charge >= 0.3 is 5.97 Å². The maximum absolute atomic E-state index is 12.0. The van der Waals surface area contributed by atoms with Crippen LogP contribution in [0.3, 0.4) is 0 Å². The van der Waals surface area contributed by atoms with Gasteiger partial charge in [-0.1, -0.05) is 12.8 Å². The lowest BCUT2D eigenvalue weighted by molar-refractivity contribution is -0.159. The predicted octanol–water partition coefficient (Wildman–Crippen LogP) is 1.27. The molecule has 1 fully saturated rings. The summed E-state index contributed by atoms with van der Waals surface area (Å²) in [5.74, 6) is -1.14. The SMILES string of the molecule is CC(OC(C)C(=O)N1CCCCCC1)C(=O)O. The van der Waals surface area contributed by atoms with Crippen LogP contribution >= 0.6 is 0 Å². The molecule has 2 unspecified atom stereocenters. The number of carbonyl (C=O) groups excluding carboxylic acids is 1. The number of carbonyl (C=O) groups is 2. The summed E-state index contributed by atoms with van der Waals surface area (Å²) in [6, 6.07) is 0. The molecule has 0 spiro atoms. The van der Waals surface area contributed by atoms with Crippen LogP contribution in [0.2, 0.25) is 0 Å². The predicted molar refractivity (Wildman–Crippen MR) is 62.7 cm³/mol. The summed E-state index contributed by atoms with van der Waals surface area (Å²) in [6.45, 7) is 4.57. The minimum absolute atomic E-state index is 0.0972. The molecule has 0 aromatic rings. The summed E-state index contributed by atoms with van der Waals surface area (Å²) in [6.07, 6.45) is 2.73. The van der Waals surface area contributed by atoms with Crippen LogP contribution in [-0.4, -0.2) is 47.2 Å². The lowest BCUT2D eigenvalue weighted by Crippen LogP contribution is -2.41. The lowest BCUT2D eigenvalue weighted by Gasteiger charge is -2.25. The van der Waals surface area contributed by atoms with E-state index in [0.29, 0.717) is 0 Å². The van der Waals surface area contributed by atoms with Gasteiger partial charge in [0.1, 0.15) is 6.10 Å². The molecule has 17 heavy (non-hydrogen) atoms.